The minimum absolute atomic E-state index is 0. The molecule has 1 aromatic carbocycles. The molecule has 1 saturated heterocycles. The molecule has 0 radical (unpaired) electrons. The van der Waals surface area contributed by atoms with Crippen molar-refractivity contribution in [1.29, 1.82) is 0 Å². The van der Waals surface area contributed by atoms with E-state index >= 15 is 0 Å². The lowest BCUT2D eigenvalue weighted by molar-refractivity contribution is 0.0471. The maximum atomic E-state index is 5.82. The Labute approximate surface area is 94.9 Å². The Morgan fingerprint density at radius 1 is 1.27 bits per heavy atom. The van der Waals surface area contributed by atoms with E-state index in [-0.39, 0.29) is 18.5 Å². The van der Waals surface area contributed by atoms with E-state index in [0.29, 0.717) is 13.4 Å². The zero-order valence-electron chi connectivity index (χ0n) is 8.31. The predicted octanol–water partition coefficient (Wildman–Crippen LogP) is 1.19. The Bertz CT molecular complexity index is 307. The zero-order valence-corrected chi connectivity index (χ0v) is 9.13. The minimum atomic E-state index is 0. The molecule has 0 amide bonds. The molecule has 1 aliphatic rings. The summed E-state index contributed by atoms with van der Waals surface area (Å²) >= 11 is 0. The van der Waals surface area contributed by atoms with Gasteiger partial charge < -0.3 is 20.9 Å². The topological polar surface area (TPSA) is 70.5 Å². The molecule has 15 heavy (non-hydrogen) atoms. The van der Waals surface area contributed by atoms with Crippen LogP contribution in [0.4, 0.5) is 11.4 Å². The van der Waals surface area contributed by atoms with Crippen LogP contribution in [0.3, 0.4) is 0 Å². The molecule has 4 nitrogen and oxygen atoms in total. The molecule has 5 heteroatoms. The summed E-state index contributed by atoms with van der Waals surface area (Å²) in [5, 5.41) is 0. The quantitative estimate of drug-likeness (QED) is 0.749. The van der Waals surface area contributed by atoms with Crippen molar-refractivity contribution in [2.75, 3.05) is 24.9 Å². The molecule has 0 bridgehead atoms. The first-order chi connectivity index (χ1) is 6.77. The highest BCUT2D eigenvalue weighted by Gasteiger charge is 2.18. The number of nitrogen functional groups attached to an aromatic ring is 2. The molecule has 1 unspecified atom stereocenters. The SMILES string of the molecule is Cl.Nc1cccc(N)c1CC1COCO1. The van der Waals surface area contributed by atoms with Gasteiger partial charge in [0, 0.05) is 23.4 Å². The van der Waals surface area contributed by atoms with Crippen LogP contribution in [0.5, 0.6) is 0 Å². The minimum Gasteiger partial charge on any atom is -0.398 e. The van der Waals surface area contributed by atoms with Gasteiger partial charge in [0.1, 0.15) is 6.79 Å². The van der Waals surface area contributed by atoms with Crippen LogP contribution < -0.4 is 11.5 Å². The number of halogens is 1. The maximum Gasteiger partial charge on any atom is 0.147 e. The molecular formula is C10H15ClN2O2. The van der Waals surface area contributed by atoms with Crippen molar-refractivity contribution in [1.82, 2.24) is 0 Å². The Morgan fingerprint density at radius 3 is 2.47 bits per heavy atom. The molecule has 84 valence electrons. The molecule has 0 saturated carbocycles. The van der Waals surface area contributed by atoms with Gasteiger partial charge in [0.15, 0.2) is 0 Å². The number of anilines is 2. The Kier molecular flexibility index (Phi) is 4.20. The van der Waals surface area contributed by atoms with Crippen LogP contribution in [0.2, 0.25) is 0 Å². The number of hydrogen-bond acceptors (Lipinski definition) is 4. The van der Waals surface area contributed by atoms with Crippen molar-refractivity contribution in [3.63, 3.8) is 0 Å². The van der Waals surface area contributed by atoms with E-state index in [2.05, 4.69) is 0 Å². The summed E-state index contributed by atoms with van der Waals surface area (Å²) in [6, 6.07) is 5.54. The first kappa shape index (κ1) is 12.1. The largest absolute Gasteiger partial charge is 0.398 e. The second kappa shape index (κ2) is 5.21. The van der Waals surface area contributed by atoms with Gasteiger partial charge in [-0.25, -0.2) is 0 Å². The summed E-state index contributed by atoms with van der Waals surface area (Å²) in [5.74, 6) is 0. The molecule has 0 aliphatic carbocycles. The zero-order chi connectivity index (χ0) is 9.97. The standard InChI is InChI=1S/C10H14N2O2.ClH/c11-9-2-1-3-10(12)8(9)4-7-5-13-6-14-7;/h1-3,7H,4-6,11-12H2;1H. The second-order valence-electron chi connectivity index (χ2n) is 3.40. The van der Waals surface area contributed by atoms with E-state index in [1.54, 1.807) is 0 Å². The summed E-state index contributed by atoms with van der Waals surface area (Å²) in [5.41, 5.74) is 14.1. The van der Waals surface area contributed by atoms with Gasteiger partial charge in [0.2, 0.25) is 0 Å². The van der Waals surface area contributed by atoms with Crippen LogP contribution in [-0.2, 0) is 15.9 Å². The number of benzene rings is 1. The van der Waals surface area contributed by atoms with E-state index in [1.165, 1.54) is 0 Å². The molecule has 2 rings (SSSR count). The van der Waals surface area contributed by atoms with Crippen LogP contribution in [0, 0.1) is 0 Å². The van der Waals surface area contributed by atoms with Crippen LogP contribution in [0.1, 0.15) is 5.56 Å². The van der Waals surface area contributed by atoms with Crippen molar-refractivity contribution in [3.05, 3.63) is 23.8 Å². The molecule has 1 fully saturated rings. The van der Waals surface area contributed by atoms with E-state index in [4.69, 9.17) is 20.9 Å². The third-order valence-electron chi connectivity index (χ3n) is 2.37. The molecular weight excluding hydrogens is 216 g/mol. The van der Waals surface area contributed by atoms with Gasteiger partial charge in [-0.15, -0.1) is 12.4 Å². The summed E-state index contributed by atoms with van der Waals surface area (Å²) in [6.07, 6.45) is 0.806. The first-order valence-corrected chi connectivity index (χ1v) is 4.59. The Morgan fingerprint density at radius 2 is 1.93 bits per heavy atom. The van der Waals surface area contributed by atoms with Crippen molar-refractivity contribution in [2.24, 2.45) is 0 Å². The molecule has 0 aromatic heterocycles. The van der Waals surface area contributed by atoms with Gasteiger partial charge in [-0.1, -0.05) is 6.07 Å². The Hall–Kier alpha value is -0.970. The van der Waals surface area contributed by atoms with Crippen LogP contribution in [-0.4, -0.2) is 19.5 Å². The van der Waals surface area contributed by atoms with Crippen molar-refractivity contribution >= 4 is 23.8 Å². The molecule has 0 spiro atoms. The highest BCUT2D eigenvalue weighted by atomic mass is 35.5. The molecule has 1 atom stereocenters. The number of hydrogen-bond donors (Lipinski definition) is 2. The van der Waals surface area contributed by atoms with Gasteiger partial charge in [-0.2, -0.15) is 0 Å². The fraction of sp³-hybridized carbons (Fsp3) is 0.400. The highest BCUT2D eigenvalue weighted by molar-refractivity contribution is 5.85. The lowest BCUT2D eigenvalue weighted by Gasteiger charge is -2.12. The smallest absolute Gasteiger partial charge is 0.147 e. The van der Waals surface area contributed by atoms with Gasteiger partial charge in [-0.05, 0) is 12.1 Å². The average Bonchev–Trinajstić information content (AvgIpc) is 2.64. The predicted molar refractivity (Wildman–Crippen MR) is 61.9 cm³/mol. The summed E-state index contributed by atoms with van der Waals surface area (Å²) in [6.45, 7) is 0.991. The lowest BCUT2D eigenvalue weighted by Crippen LogP contribution is -2.15. The Balaban J connectivity index is 0.00000112. The van der Waals surface area contributed by atoms with E-state index < -0.39 is 0 Å². The fourth-order valence-electron chi connectivity index (χ4n) is 1.58. The molecule has 1 aromatic rings. The van der Waals surface area contributed by atoms with E-state index in [9.17, 15) is 0 Å². The summed E-state index contributed by atoms with van der Waals surface area (Å²) < 4.78 is 10.4. The lowest BCUT2D eigenvalue weighted by atomic mass is 10.0. The van der Waals surface area contributed by atoms with Gasteiger partial charge in [0.05, 0.1) is 12.7 Å². The van der Waals surface area contributed by atoms with Crippen molar-refractivity contribution in [3.8, 4) is 0 Å². The summed E-state index contributed by atoms with van der Waals surface area (Å²) in [7, 11) is 0. The van der Waals surface area contributed by atoms with Crippen LogP contribution >= 0.6 is 12.4 Å². The van der Waals surface area contributed by atoms with Gasteiger partial charge >= 0.3 is 0 Å². The number of rotatable bonds is 2. The number of ether oxygens (including phenoxy) is 2. The first-order valence-electron chi connectivity index (χ1n) is 4.59. The van der Waals surface area contributed by atoms with Crippen LogP contribution in [0.15, 0.2) is 18.2 Å². The molecule has 4 N–H and O–H groups in total. The molecule has 1 heterocycles. The molecule has 1 aliphatic heterocycles. The van der Waals surface area contributed by atoms with Crippen LogP contribution in [0.25, 0.3) is 0 Å². The summed E-state index contributed by atoms with van der Waals surface area (Å²) in [4.78, 5) is 0. The second-order valence-corrected chi connectivity index (χ2v) is 3.40. The third-order valence-corrected chi connectivity index (χ3v) is 2.37. The van der Waals surface area contributed by atoms with Gasteiger partial charge in [0.25, 0.3) is 0 Å². The van der Waals surface area contributed by atoms with E-state index in [0.717, 1.165) is 23.4 Å². The van der Waals surface area contributed by atoms with Gasteiger partial charge in [-0.3, -0.25) is 0 Å². The van der Waals surface area contributed by atoms with E-state index in [1.807, 2.05) is 18.2 Å². The monoisotopic (exact) mass is 230 g/mol. The maximum absolute atomic E-state index is 5.82. The average molecular weight is 231 g/mol. The highest BCUT2D eigenvalue weighted by Crippen LogP contribution is 2.22. The number of nitrogens with two attached hydrogens (primary N) is 2. The normalized spacial score (nSPS) is 19.9. The third kappa shape index (κ3) is 2.75. The van der Waals surface area contributed by atoms with Crippen molar-refractivity contribution < 1.29 is 9.47 Å². The van der Waals surface area contributed by atoms with Crippen molar-refractivity contribution in [2.45, 2.75) is 12.5 Å². The fourth-order valence-corrected chi connectivity index (χ4v) is 1.58.